The van der Waals surface area contributed by atoms with E-state index >= 15 is 0 Å². The highest BCUT2D eigenvalue weighted by Crippen LogP contribution is 2.13. The molecular weight excluding hydrogens is 274 g/mol. The number of carboxylic acid groups (broad SMARTS) is 1. The third-order valence-corrected chi connectivity index (χ3v) is 3.23. The van der Waals surface area contributed by atoms with Crippen LogP contribution < -0.4 is 5.32 Å². The van der Waals surface area contributed by atoms with Gasteiger partial charge in [-0.15, -0.1) is 0 Å². The van der Waals surface area contributed by atoms with Gasteiger partial charge in [-0.2, -0.15) is 0 Å². The first kappa shape index (κ1) is 14.4. The zero-order valence-corrected chi connectivity index (χ0v) is 11.7. The molecule has 2 rings (SSSR count). The standard InChI is InChI=1S/C16H16ClNO2/c17-14-5-1-3-12(11-14)4-2-10-18-15-8-6-13(7-9-15)16(19)20/h1,3,5-9,11,18H,2,4,10H2,(H,19,20). The van der Waals surface area contributed by atoms with Crippen LogP contribution >= 0.6 is 11.6 Å². The maximum Gasteiger partial charge on any atom is 0.335 e. The van der Waals surface area contributed by atoms with Crippen molar-refractivity contribution in [1.82, 2.24) is 0 Å². The van der Waals surface area contributed by atoms with Crippen molar-refractivity contribution >= 4 is 23.3 Å². The van der Waals surface area contributed by atoms with Crippen LogP contribution in [0.2, 0.25) is 5.02 Å². The van der Waals surface area contributed by atoms with Crippen LogP contribution in [0.3, 0.4) is 0 Å². The van der Waals surface area contributed by atoms with Crippen LogP contribution in [-0.2, 0) is 6.42 Å². The molecule has 4 heteroatoms. The van der Waals surface area contributed by atoms with Crippen LogP contribution in [0.25, 0.3) is 0 Å². The fourth-order valence-corrected chi connectivity index (χ4v) is 2.16. The van der Waals surface area contributed by atoms with E-state index in [0.29, 0.717) is 5.56 Å². The number of rotatable bonds is 6. The Kier molecular flexibility index (Phi) is 5.02. The quantitative estimate of drug-likeness (QED) is 0.788. The minimum absolute atomic E-state index is 0.300. The fraction of sp³-hybridized carbons (Fsp3) is 0.188. The highest BCUT2D eigenvalue weighted by Gasteiger charge is 2.01. The van der Waals surface area contributed by atoms with E-state index in [9.17, 15) is 4.79 Å². The Bertz CT molecular complexity index is 581. The third kappa shape index (κ3) is 4.28. The number of aryl methyl sites for hydroxylation is 1. The topological polar surface area (TPSA) is 49.3 Å². The molecule has 0 saturated heterocycles. The lowest BCUT2D eigenvalue weighted by atomic mass is 10.1. The number of halogens is 1. The normalized spacial score (nSPS) is 10.2. The highest BCUT2D eigenvalue weighted by atomic mass is 35.5. The first-order valence-electron chi connectivity index (χ1n) is 6.47. The SMILES string of the molecule is O=C(O)c1ccc(NCCCc2cccc(Cl)c2)cc1. The summed E-state index contributed by atoms with van der Waals surface area (Å²) in [6.45, 7) is 0.832. The Morgan fingerprint density at radius 1 is 1.15 bits per heavy atom. The summed E-state index contributed by atoms with van der Waals surface area (Å²) in [6.07, 6.45) is 1.95. The fourth-order valence-electron chi connectivity index (χ4n) is 1.95. The van der Waals surface area contributed by atoms with Gasteiger partial charge in [0.2, 0.25) is 0 Å². The van der Waals surface area contributed by atoms with Crippen LogP contribution in [0.5, 0.6) is 0 Å². The van der Waals surface area contributed by atoms with Gasteiger partial charge >= 0.3 is 5.97 Å². The number of aromatic carboxylic acids is 1. The van der Waals surface area contributed by atoms with Crippen LogP contribution in [0.1, 0.15) is 22.3 Å². The summed E-state index contributed by atoms with van der Waals surface area (Å²) in [6, 6.07) is 14.6. The Labute approximate surface area is 123 Å². The Morgan fingerprint density at radius 3 is 2.55 bits per heavy atom. The smallest absolute Gasteiger partial charge is 0.335 e. The molecular formula is C16H16ClNO2. The maximum absolute atomic E-state index is 10.7. The average molecular weight is 290 g/mol. The summed E-state index contributed by atoms with van der Waals surface area (Å²) in [5.41, 5.74) is 2.45. The highest BCUT2D eigenvalue weighted by molar-refractivity contribution is 6.30. The number of benzene rings is 2. The molecule has 0 fully saturated rings. The van der Waals surface area contributed by atoms with Crippen LogP contribution in [0.4, 0.5) is 5.69 Å². The van der Waals surface area contributed by atoms with Crippen molar-refractivity contribution in [3.05, 3.63) is 64.7 Å². The van der Waals surface area contributed by atoms with E-state index in [1.807, 2.05) is 18.2 Å². The minimum Gasteiger partial charge on any atom is -0.478 e. The summed E-state index contributed by atoms with van der Waals surface area (Å²) >= 11 is 5.93. The van der Waals surface area contributed by atoms with Crippen molar-refractivity contribution in [2.75, 3.05) is 11.9 Å². The molecule has 0 aliphatic rings. The maximum atomic E-state index is 10.7. The molecule has 0 amide bonds. The van der Waals surface area contributed by atoms with E-state index in [-0.39, 0.29) is 0 Å². The first-order chi connectivity index (χ1) is 9.65. The van der Waals surface area contributed by atoms with Crippen molar-refractivity contribution in [1.29, 1.82) is 0 Å². The summed E-state index contributed by atoms with van der Waals surface area (Å²) in [5, 5.41) is 12.8. The zero-order valence-electron chi connectivity index (χ0n) is 11.0. The Hall–Kier alpha value is -2.00. The van der Waals surface area contributed by atoms with E-state index in [4.69, 9.17) is 16.7 Å². The molecule has 0 heterocycles. The number of carboxylic acids is 1. The lowest BCUT2D eigenvalue weighted by Crippen LogP contribution is -2.03. The lowest BCUT2D eigenvalue weighted by molar-refractivity contribution is 0.0697. The molecule has 0 aromatic heterocycles. The van der Waals surface area contributed by atoms with Crippen molar-refractivity contribution in [3.8, 4) is 0 Å². The van der Waals surface area contributed by atoms with Gasteiger partial charge in [-0.25, -0.2) is 4.79 Å². The van der Waals surface area contributed by atoms with E-state index in [0.717, 1.165) is 30.1 Å². The molecule has 0 spiro atoms. The summed E-state index contributed by atoms with van der Waals surface area (Å²) in [5.74, 6) is -0.905. The van der Waals surface area contributed by atoms with E-state index < -0.39 is 5.97 Å². The van der Waals surface area contributed by atoms with Gasteiger partial charge in [0.1, 0.15) is 0 Å². The summed E-state index contributed by atoms with van der Waals surface area (Å²) in [4.78, 5) is 10.7. The van der Waals surface area contributed by atoms with Gasteiger partial charge in [0, 0.05) is 17.3 Å². The molecule has 0 aliphatic carbocycles. The molecule has 0 unspecified atom stereocenters. The van der Waals surface area contributed by atoms with Gasteiger partial charge in [-0.1, -0.05) is 23.7 Å². The molecule has 2 aromatic carbocycles. The monoisotopic (exact) mass is 289 g/mol. The van der Waals surface area contributed by atoms with E-state index in [2.05, 4.69) is 11.4 Å². The molecule has 0 saturated carbocycles. The number of nitrogens with one attached hydrogen (secondary N) is 1. The van der Waals surface area contributed by atoms with Crippen molar-refractivity contribution in [2.24, 2.45) is 0 Å². The zero-order chi connectivity index (χ0) is 14.4. The lowest BCUT2D eigenvalue weighted by Gasteiger charge is -2.07. The molecule has 2 N–H and O–H groups in total. The average Bonchev–Trinajstić information content (AvgIpc) is 2.44. The number of hydrogen-bond donors (Lipinski definition) is 2. The van der Waals surface area contributed by atoms with Gasteiger partial charge in [0.25, 0.3) is 0 Å². The van der Waals surface area contributed by atoms with Crippen LogP contribution in [-0.4, -0.2) is 17.6 Å². The Morgan fingerprint density at radius 2 is 1.90 bits per heavy atom. The van der Waals surface area contributed by atoms with Crippen LogP contribution in [0.15, 0.2) is 48.5 Å². The molecule has 0 atom stereocenters. The Balaban J connectivity index is 1.77. The molecule has 0 bridgehead atoms. The number of anilines is 1. The van der Waals surface area contributed by atoms with Gasteiger partial charge in [0.15, 0.2) is 0 Å². The number of carbonyl (C=O) groups is 1. The summed E-state index contributed by atoms with van der Waals surface area (Å²) < 4.78 is 0. The third-order valence-electron chi connectivity index (χ3n) is 2.99. The second-order valence-electron chi connectivity index (χ2n) is 4.54. The molecule has 3 nitrogen and oxygen atoms in total. The molecule has 0 radical (unpaired) electrons. The minimum atomic E-state index is -0.905. The number of hydrogen-bond acceptors (Lipinski definition) is 2. The van der Waals surface area contributed by atoms with E-state index in [1.165, 1.54) is 5.56 Å². The van der Waals surface area contributed by atoms with Crippen LogP contribution in [0, 0.1) is 0 Å². The largest absolute Gasteiger partial charge is 0.478 e. The molecule has 104 valence electrons. The van der Waals surface area contributed by atoms with Crippen molar-refractivity contribution in [3.63, 3.8) is 0 Å². The second kappa shape index (κ2) is 6.96. The van der Waals surface area contributed by atoms with E-state index in [1.54, 1.807) is 24.3 Å². The van der Waals surface area contributed by atoms with Gasteiger partial charge in [-0.05, 0) is 54.8 Å². The first-order valence-corrected chi connectivity index (χ1v) is 6.84. The molecule has 2 aromatic rings. The van der Waals surface area contributed by atoms with Crippen molar-refractivity contribution in [2.45, 2.75) is 12.8 Å². The predicted molar refractivity (Wildman–Crippen MR) is 81.7 cm³/mol. The van der Waals surface area contributed by atoms with Gasteiger partial charge in [0.05, 0.1) is 5.56 Å². The van der Waals surface area contributed by atoms with Gasteiger partial charge in [-0.3, -0.25) is 0 Å². The van der Waals surface area contributed by atoms with Crippen molar-refractivity contribution < 1.29 is 9.90 Å². The molecule has 0 aliphatic heterocycles. The predicted octanol–water partition coefficient (Wildman–Crippen LogP) is 4.08. The van der Waals surface area contributed by atoms with Gasteiger partial charge < -0.3 is 10.4 Å². The molecule has 20 heavy (non-hydrogen) atoms. The summed E-state index contributed by atoms with van der Waals surface area (Å²) in [7, 11) is 0. The second-order valence-corrected chi connectivity index (χ2v) is 4.98.